The van der Waals surface area contributed by atoms with Crippen LogP contribution in [0.5, 0.6) is 0 Å². The number of benzene rings is 3. The molecule has 33 heavy (non-hydrogen) atoms. The molecule has 0 aliphatic heterocycles. The first-order chi connectivity index (χ1) is 16.0. The molecule has 0 aliphatic rings. The Morgan fingerprint density at radius 3 is 2.36 bits per heavy atom. The minimum absolute atomic E-state index is 0.114. The van der Waals surface area contributed by atoms with Crippen LogP contribution < -0.4 is 11.1 Å². The highest BCUT2D eigenvalue weighted by molar-refractivity contribution is 5.92. The second-order valence-electron chi connectivity index (χ2n) is 7.63. The van der Waals surface area contributed by atoms with E-state index in [1.807, 2.05) is 42.5 Å². The third kappa shape index (κ3) is 5.77. The summed E-state index contributed by atoms with van der Waals surface area (Å²) in [6.07, 6.45) is 2.74. The van der Waals surface area contributed by atoms with E-state index in [-0.39, 0.29) is 6.42 Å². The maximum Gasteiger partial charge on any atom is 0.229 e. The quantitative estimate of drug-likeness (QED) is 0.395. The fourth-order valence-corrected chi connectivity index (χ4v) is 3.42. The van der Waals surface area contributed by atoms with Crippen molar-refractivity contribution >= 4 is 17.4 Å². The first kappa shape index (κ1) is 22.1. The van der Waals surface area contributed by atoms with Gasteiger partial charge in [0.1, 0.15) is 0 Å². The Kier molecular flexibility index (Phi) is 6.69. The molecule has 166 valence electrons. The molecule has 0 saturated carbocycles. The van der Waals surface area contributed by atoms with Crippen LogP contribution in [0, 0.1) is 11.6 Å². The molecule has 4 rings (SSSR count). The minimum atomic E-state index is -0.989. The highest BCUT2D eigenvalue weighted by Crippen LogP contribution is 2.22. The number of hydrogen-bond acceptors (Lipinski definition) is 4. The average Bonchev–Trinajstić information content (AvgIpc) is 2.82. The Labute approximate surface area is 190 Å². The third-order valence-corrected chi connectivity index (χ3v) is 5.15. The zero-order valence-electron chi connectivity index (χ0n) is 17.8. The van der Waals surface area contributed by atoms with Crippen molar-refractivity contribution in [3.8, 4) is 11.3 Å². The van der Waals surface area contributed by atoms with Gasteiger partial charge in [-0.05, 0) is 48.2 Å². The summed E-state index contributed by atoms with van der Waals surface area (Å²) in [5.41, 5.74) is 10.1. The molecule has 0 unspecified atom stereocenters. The Bertz CT molecular complexity index is 1260. The number of halogens is 2. The fourth-order valence-electron chi connectivity index (χ4n) is 3.42. The number of aryl methyl sites for hydroxylation is 2. The normalized spacial score (nSPS) is 10.7. The first-order valence-corrected chi connectivity index (χ1v) is 10.5. The molecule has 0 aliphatic carbocycles. The molecule has 0 radical (unpaired) electrons. The Hall–Kier alpha value is -4.13. The van der Waals surface area contributed by atoms with E-state index in [4.69, 9.17) is 10.7 Å². The van der Waals surface area contributed by atoms with Gasteiger partial charge in [-0.25, -0.2) is 18.7 Å². The lowest BCUT2D eigenvalue weighted by atomic mass is 10.1. The molecule has 7 heteroatoms. The smallest absolute Gasteiger partial charge is 0.229 e. The van der Waals surface area contributed by atoms with Gasteiger partial charge in [0.2, 0.25) is 5.91 Å². The van der Waals surface area contributed by atoms with E-state index in [1.165, 1.54) is 6.07 Å². The molecule has 3 N–H and O–H groups in total. The lowest BCUT2D eigenvalue weighted by Gasteiger charge is -2.12. The largest absolute Gasteiger partial charge is 0.399 e. The third-order valence-electron chi connectivity index (χ3n) is 5.15. The molecule has 0 fully saturated rings. The van der Waals surface area contributed by atoms with Gasteiger partial charge >= 0.3 is 0 Å². The predicted octanol–water partition coefficient (Wildman–Crippen LogP) is 4.97. The van der Waals surface area contributed by atoms with Gasteiger partial charge in [0.15, 0.2) is 17.5 Å². The van der Waals surface area contributed by atoms with Gasteiger partial charge in [-0.2, -0.15) is 0 Å². The highest BCUT2D eigenvalue weighted by atomic mass is 19.2. The predicted molar refractivity (Wildman–Crippen MR) is 124 cm³/mol. The van der Waals surface area contributed by atoms with Gasteiger partial charge in [-0.15, -0.1) is 0 Å². The van der Waals surface area contributed by atoms with Gasteiger partial charge in [0.05, 0.1) is 24.0 Å². The minimum Gasteiger partial charge on any atom is -0.399 e. The second-order valence-corrected chi connectivity index (χ2v) is 7.63. The van der Waals surface area contributed by atoms with Crippen molar-refractivity contribution in [1.82, 2.24) is 9.97 Å². The van der Waals surface area contributed by atoms with Crippen LogP contribution in [0.3, 0.4) is 0 Å². The maximum atomic E-state index is 13.5. The summed E-state index contributed by atoms with van der Waals surface area (Å²) in [6.45, 7) is 0. The molecule has 3 aromatic carbocycles. The number of amides is 1. The number of carbonyl (C=O) groups is 1. The van der Waals surface area contributed by atoms with Crippen molar-refractivity contribution < 1.29 is 13.6 Å². The molecule has 1 heterocycles. The van der Waals surface area contributed by atoms with Crippen molar-refractivity contribution in [2.24, 2.45) is 0 Å². The molecule has 1 amide bonds. The number of rotatable bonds is 7. The van der Waals surface area contributed by atoms with Gasteiger partial charge in [-0.3, -0.25) is 4.79 Å². The summed E-state index contributed by atoms with van der Waals surface area (Å²) in [5, 5.41) is 2.77. The molecule has 1 aromatic heterocycles. The topological polar surface area (TPSA) is 80.9 Å². The number of hydrogen-bond donors (Lipinski definition) is 2. The van der Waals surface area contributed by atoms with Crippen LogP contribution in [0.15, 0.2) is 79.0 Å². The summed E-state index contributed by atoms with van der Waals surface area (Å²) in [4.78, 5) is 21.8. The molecular formula is C26H22F2N4O. The van der Waals surface area contributed by atoms with Crippen LogP contribution in [0.1, 0.15) is 16.8 Å². The van der Waals surface area contributed by atoms with Crippen molar-refractivity contribution in [2.75, 3.05) is 11.1 Å². The molecule has 0 bridgehead atoms. The zero-order valence-corrected chi connectivity index (χ0v) is 17.8. The molecule has 0 spiro atoms. The maximum absolute atomic E-state index is 13.5. The van der Waals surface area contributed by atoms with Crippen LogP contribution in [0.4, 0.5) is 20.3 Å². The summed E-state index contributed by atoms with van der Waals surface area (Å²) >= 11 is 0. The van der Waals surface area contributed by atoms with Crippen molar-refractivity contribution in [3.63, 3.8) is 0 Å². The van der Waals surface area contributed by atoms with Crippen LogP contribution in [0.25, 0.3) is 11.3 Å². The van der Waals surface area contributed by atoms with Crippen molar-refractivity contribution in [2.45, 2.75) is 19.3 Å². The van der Waals surface area contributed by atoms with E-state index in [2.05, 4.69) is 10.3 Å². The van der Waals surface area contributed by atoms with Gasteiger partial charge < -0.3 is 11.1 Å². The number of nitrogen functional groups attached to an aromatic ring is 1. The fraction of sp³-hybridized carbons (Fsp3) is 0.115. The van der Waals surface area contributed by atoms with E-state index >= 15 is 0 Å². The van der Waals surface area contributed by atoms with Crippen molar-refractivity contribution in [3.05, 3.63) is 107 Å². The van der Waals surface area contributed by atoms with Gasteiger partial charge in [0, 0.05) is 11.3 Å². The van der Waals surface area contributed by atoms with Crippen molar-refractivity contribution in [1.29, 1.82) is 0 Å². The van der Waals surface area contributed by atoms with E-state index in [1.54, 1.807) is 18.3 Å². The Balaban J connectivity index is 1.57. The van der Waals surface area contributed by atoms with E-state index < -0.39 is 17.5 Å². The highest BCUT2D eigenvalue weighted by Gasteiger charge is 2.14. The van der Waals surface area contributed by atoms with Crippen LogP contribution in [-0.4, -0.2) is 15.9 Å². The van der Waals surface area contributed by atoms with Crippen LogP contribution in [-0.2, 0) is 24.1 Å². The Morgan fingerprint density at radius 2 is 1.64 bits per heavy atom. The van der Waals surface area contributed by atoms with Crippen LogP contribution >= 0.6 is 0 Å². The van der Waals surface area contributed by atoms with E-state index in [0.29, 0.717) is 41.3 Å². The summed E-state index contributed by atoms with van der Waals surface area (Å²) < 4.78 is 26.6. The molecule has 0 saturated heterocycles. The number of anilines is 2. The van der Waals surface area contributed by atoms with Gasteiger partial charge in [0.25, 0.3) is 0 Å². The number of nitrogens with two attached hydrogens (primary N) is 1. The lowest BCUT2D eigenvalue weighted by molar-refractivity contribution is -0.115. The standard InChI is InChI=1S/C26H22F2N4O/c27-21-12-6-18(14-22(21)28)15-25(33)32-26-23(13-7-17-4-2-1-3-5-17)31-24(16-30-26)19-8-10-20(29)11-9-19/h1-6,8-12,14,16H,7,13,15,29H2,(H,30,32,33). The number of nitrogens with one attached hydrogen (secondary N) is 1. The summed E-state index contributed by atoms with van der Waals surface area (Å²) in [5.74, 6) is -1.99. The molecule has 4 aromatic rings. The van der Waals surface area contributed by atoms with Gasteiger partial charge in [-0.1, -0.05) is 48.5 Å². The van der Waals surface area contributed by atoms with Crippen LogP contribution in [0.2, 0.25) is 0 Å². The molecule has 5 nitrogen and oxygen atoms in total. The second kappa shape index (κ2) is 9.99. The summed E-state index contributed by atoms with van der Waals surface area (Å²) in [7, 11) is 0. The number of nitrogens with zero attached hydrogens (tertiary/aromatic N) is 2. The molecule has 0 atom stereocenters. The Morgan fingerprint density at radius 1 is 0.879 bits per heavy atom. The summed E-state index contributed by atoms with van der Waals surface area (Å²) in [6, 6.07) is 20.6. The zero-order chi connectivity index (χ0) is 23.2. The number of aromatic nitrogens is 2. The first-order valence-electron chi connectivity index (χ1n) is 10.5. The molecular weight excluding hydrogens is 422 g/mol. The average molecular weight is 444 g/mol. The van der Waals surface area contributed by atoms with E-state index in [0.717, 1.165) is 23.3 Å². The lowest BCUT2D eigenvalue weighted by Crippen LogP contribution is -2.18. The monoisotopic (exact) mass is 444 g/mol. The number of carbonyl (C=O) groups excluding carboxylic acids is 1. The van der Waals surface area contributed by atoms with E-state index in [9.17, 15) is 13.6 Å². The SMILES string of the molecule is Nc1ccc(-c2cnc(NC(=O)Cc3ccc(F)c(F)c3)c(CCc3ccccc3)n2)cc1.